The van der Waals surface area contributed by atoms with Crippen molar-refractivity contribution < 1.29 is 9.90 Å². The highest BCUT2D eigenvalue weighted by molar-refractivity contribution is 5.76. The quantitative estimate of drug-likeness (QED) is 0.565. The van der Waals surface area contributed by atoms with Gasteiger partial charge in [0.05, 0.1) is 6.10 Å². The molecule has 0 aromatic rings. The van der Waals surface area contributed by atoms with Crippen LogP contribution < -0.4 is 11.1 Å². The van der Waals surface area contributed by atoms with Crippen LogP contribution >= 0.6 is 0 Å². The van der Waals surface area contributed by atoms with Crippen LogP contribution in [0.2, 0.25) is 0 Å². The molecule has 4 N–H and O–H groups in total. The predicted octanol–water partition coefficient (Wildman–Crippen LogP) is 0.000900. The molecular weight excluding hydrogens is 180 g/mol. The van der Waals surface area contributed by atoms with Crippen molar-refractivity contribution in [3.63, 3.8) is 0 Å². The summed E-state index contributed by atoms with van der Waals surface area (Å²) in [6.07, 6.45) is 2.94. The summed E-state index contributed by atoms with van der Waals surface area (Å²) < 4.78 is 0. The molecule has 0 radical (unpaired) electrons. The molecule has 14 heavy (non-hydrogen) atoms. The lowest BCUT2D eigenvalue weighted by Gasteiger charge is -2.12. The van der Waals surface area contributed by atoms with E-state index in [9.17, 15) is 9.90 Å². The molecule has 2 unspecified atom stereocenters. The minimum Gasteiger partial charge on any atom is -0.391 e. The summed E-state index contributed by atoms with van der Waals surface area (Å²) >= 11 is 0. The van der Waals surface area contributed by atoms with Crippen molar-refractivity contribution >= 4 is 5.91 Å². The first-order valence-corrected chi connectivity index (χ1v) is 5.33. The fourth-order valence-corrected chi connectivity index (χ4v) is 1.35. The standard InChI is InChI=1S/C10H20N2O2/c1-2-8(13)6-12-10(14)5-9(11)7-3-4-7/h7-9,13H,2-6,11H2,1H3,(H,12,14). The zero-order chi connectivity index (χ0) is 10.6. The average Bonchev–Trinajstić information content (AvgIpc) is 2.97. The van der Waals surface area contributed by atoms with Crippen molar-refractivity contribution in [3.8, 4) is 0 Å². The maximum absolute atomic E-state index is 11.3. The molecule has 0 aromatic carbocycles. The Morgan fingerprint density at radius 3 is 2.79 bits per heavy atom. The molecule has 1 saturated carbocycles. The molecule has 2 atom stereocenters. The smallest absolute Gasteiger partial charge is 0.221 e. The minimum absolute atomic E-state index is 0.00812. The Labute approximate surface area is 84.9 Å². The summed E-state index contributed by atoms with van der Waals surface area (Å²) in [7, 11) is 0. The Kier molecular flexibility index (Phi) is 4.35. The number of aliphatic hydroxyl groups excluding tert-OH is 1. The summed E-state index contributed by atoms with van der Waals surface area (Å²) in [6.45, 7) is 2.22. The Bertz CT molecular complexity index is 193. The second-order valence-corrected chi connectivity index (χ2v) is 4.07. The van der Waals surface area contributed by atoms with Gasteiger partial charge in [-0.3, -0.25) is 4.79 Å². The third kappa shape index (κ3) is 4.07. The van der Waals surface area contributed by atoms with Gasteiger partial charge in [-0.2, -0.15) is 0 Å². The van der Waals surface area contributed by atoms with Crippen LogP contribution in [-0.2, 0) is 4.79 Å². The fraction of sp³-hybridized carbons (Fsp3) is 0.900. The largest absolute Gasteiger partial charge is 0.391 e. The van der Waals surface area contributed by atoms with Gasteiger partial charge < -0.3 is 16.2 Å². The van der Waals surface area contributed by atoms with Gasteiger partial charge >= 0.3 is 0 Å². The van der Waals surface area contributed by atoms with Gasteiger partial charge in [0.2, 0.25) is 5.91 Å². The molecule has 1 fully saturated rings. The normalized spacial score (nSPS) is 20.2. The van der Waals surface area contributed by atoms with Crippen LogP contribution in [0.3, 0.4) is 0 Å². The minimum atomic E-state index is -0.434. The SMILES string of the molecule is CCC(O)CNC(=O)CC(N)C1CC1. The van der Waals surface area contributed by atoms with Crippen LogP contribution in [0.1, 0.15) is 32.6 Å². The molecule has 0 aliphatic heterocycles. The molecule has 4 nitrogen and oxygen atoms in total. The fourth-order valence-electron chi connectivity index (χ4n) is 1.35. The van der Waals surface area contributed by atoms with Gasteiger partial charge in [0.25, 0.3) is 0 Å². The van der Waals surface area contributed by atoms with Crippen LogP contribution in [0.25, 0.3) is 0 Å². The van der Waals surface area contributed by atoms with E-state index in [1.165, 1.54) is 0 Å². The molecule has 1 amide bonds. The lowest BCUT2D eigenvalue weighted by Crippen LogP contribution is -2.36. The zero-order valence-electron chi connectivity index (χ0n) is 8.70. The highest BCUT2D eigenvalue weighted by Crippen LogP contribution is 2.32. The molecule has 4 heteroatoms. The lowest BCUT2D eigenvalue weighted by molar-refractivity contribution is -0.122. The van der Waals surface area contributed by atoms with Gasteiger partial charge in [-0.25, -0.2) is 0 Å². The molecule has 1 rings (SSSR count). The number of rotatable bonds is 6. The van der Waals surface area contributed by atoms with E-state index in [1.807, 2.05) is 6.92 Å². The number of hydrogen-bond acceptors (Lipinski definition) is 3. The van der Waals surface area contributed by atoms with Crippen molar-refractivity contribution in [2.24, 2.45) is 11.7 Å². The summed E-state index contributed by atoms with van der Waals surface area (Å²) in [6, 6.07) is 0.00812. The molecule has 1 aliphatic rings. The van der Waals surface area contributed by atoms with Crippen LogP contribution in [0.4, 0.5) is 0 Å². The second kappa shape index (κ2) is 5.32. The van der Waals surface area contributed by atoms with E-state index in [0.29, 0.717) is 25.3 Å². The number of aliphatic hydroxyl groups is 1. The van der Waals surface area contributed by atoms with Crippen molar-refractivity contribution in [2.75, 3.05) is 6.54 Å². The van der Waals surface area contributed by atoms with Gasteiger partial charge in [-0.15, -0.1) is 0 Å². The molecule has 0 heterocycles. The first-order valence-electron chi connectivity index (χ1n) is 5.33. The first kappa shape index (κ1) is 11.5. The summed E-state index contributed by atoms with van der Waals surface area (Å²) in [5.41, 5.74) is 5.80. The van der Waals surface area contributed by atoms with Crippen molar-refractivity contribution in [2.45, 2.75) is 44.8 Å². The van der Waals surface area contributed by atoms with Crippen LogP contribution in [0.5, 0.6) is 0 Å². The van der Waals surface area contributed by atoms with E-state index in [-0.39, 0.29) is 11.9 Å². The number of nitrogens with one attached hydrogen (secondary N) is 1. The van der Waals surface area contributed by atoms with Crippen LogP contribution in [0, 0.1) is 5.92 Å². The molecule has 1 aliphatic carbocycles. The summed E-state index contributed by atoms with van der Waals surface area (Å²) in [5, 5.41) is 11.9. The first-order chi connectivity index (χ1) is 6.63. The number of nitrogens with two attached hydrogens (primary N) is 1. The second-order valence-electron chi connectivity index (χ2n) is 4.07. The summed E-state index contributed by atoms with van der Waals surface area (Å²) in [5.74, 6) is 0.508. The van der Waals surface area contributed by atoms with Crippen LogP contribution in [-0.4, -0.2) is 29.7 Å². The van der Waals surface area contributed by atoms with Gasteiger partial charge in [-0.1, -0.05) is 6.92 Å². The monoisotopic (exact) mass is 200 g/mol. The van der Waals surface area contributed by atoms with Gasteiger partial charge in [-0.05, 0) is 25.2 Å². The molecule has 0 aromatic heterocycles. The zero-order valence-corrected chi connectivity index (χ0v) is 8.70. The molecule has 82 valence electrons. The average molecular weight is 200 g/mol. The topological polar surface area (TPSA) is 75.3 Å². The van der Waals surface area contributed by atoms with Gasteiger partial charge in [0.1, 0.15) is 0 Å². The molecule has 0 bridgehead atoms. The number of amides is 1. The molecule has 0 spiro atoms. The Morgan fingerprint density at radius 2 is 2.29 bits per heavy atom. The third-order valence-electron chi connectivity index (χ3n) is 2.65. The van der Waals surface area contributed by atoms with E-state index in [2.05, 4.69) is 5.32 Å². The highest BCUT2D eigenvalue weighted by atomic mass is 16.3. The highest BCUT2D eigenvalue weighted by Gasteiger charge is 2.29. The van der Waals surface area contributed by atoms with E-state index in [0.717, 1.165) is 12.8 Å². The lowest BCUT2D eigenvalue weighted by atomic mass is 10.1. The number of hydrogen-bond donors (Lipinski definition) is 3. The van der Waals surface area contributed by atoms with Crippen LogP contribution in [0.15, 0.2) is 0 Å². The maximum Gasteiger partial charge on any atom is 0.221 e. The van der Waals surface area contributed by atoms with E-state index in [1.54, 1.807) is 0 Å². The number of carbonyl (C=O) groups excluding carboxylic acids is 1. The maximum atomic E-state index is 11.3. The number of carbonyl (C=O) groups is 1. The van der Waals surface area contributed by atoms with Gasteiger partial charge in [0, 0.05) is 19.0 Å². The predicted molar refractivity (Wildman–Crippen MR) is 54.6 cm³/mol. The third-order valence-corrected chi connectivity index (χ3v) is 2.65. The summed E-state index contributed by atoms with van der Waals surface area (Å²) in [4.78, 5) is 11.3. The van der Waals surface area contributed by atoms with Crippen molar-refractivity contribution in [3.05, 3.63) is 0 Å². The Morgan fingerprint density at radius 1 is 1.64 bits per heavy atom. The molecular formula is C10H20N2O2. The Balaban J connectivity index is 2.08. The van der Waals surface area contributed by atoms with Crippen molar-refractivity contribution in [1.29, 1.82) is 0 Å². The van der Waals surface area contributed by atoms with E-state index < -0.39 is 6.10 Å². The van der Waals surface area contributed by atoms with E-state index >= 15 is 0 Å². The van der Waals surface area contributed by atoms with Gasteiger partial charge in [0.15, 0.2) is 0 Å². The Hall–Kier alpha value is -0.610. The van der Waals surface area contributed by atoms with E-state index in [4.69, 9.17) is 5.73 Å². The van der Waals surface area contributed by atoms with Crippen molar-refractivity contribution in [1.82, 2.24) is 5.32 Å². The molecule has 0 saturated heterocycles.